The third-order valence-electron chi connectivity index (χ3n) is 5.03. The molecule has 3 heterocycles. The number of H-pyrrole nitrogens is 1. The highest BCUT2D eigenvalue weighted by Gasteiger charge is 2.21. The number of ether oxygens (including phenoxy) is 1. The zero-order valence-electron chi connectivity index (χ0n) is 18.1. The van der Waals surface area contributed by atoms with Crippen molar-refractivity contribution in [3.05, 3.63) is 65.0 Å². The minimum absolute atomic E-state index is 0.285. The largest absolute Gasteiger partial charge is 0.462 e. The van der Waals surface area contributed by atoms with Crippen LogP contribution >= 0.6 is 0 Å². The van der Waals surface area contributed by atoms with Crippen molar-refractivity contribution in [2.75, 3.05) is 11.9 Å². The van der Waals surface area contributed by atoms with Crippen LogP contribution in [-0.2, 0) is 4.74 Å². The fourth-order valence-electron chi connectivity index (χ4n) is 3.43. The van der Waals surface area contributed by atoms with Crippen molar-refractivity contribution < 1.29 is 13.9 Å². The second-order valence-corrected chi connectivity index (χ2v) is 7.14. The van der Waals surface area contributed by atoms with Gasteiger partial charge in [-0.25, -0.2) is 23.8 Å². The first-order valence-corrected chi connectivity index (χ1v) is 10.0. The topological polar surface area (TPSA) is 111 Å². The zero-order valence-corrected chi connectivity index (χ0v) is 18.1. The molecule has 32 heavy (non-hydrogen) atoms. The van der Waals surface area contributed by atoms with Gasteiger partial charge in [0.25, 0.3) is 0 Å². The molecule has 0 spiro atoms. The molecule has 9 nitrogen and oxygen atoms in total. The van der Waals surface area contributed by atoms with Gasteiger partial charge in [0.15, 0.2) is 11.6 Å². The number of hydrogen-bond acceptors (Lipinski definition) is 7. The van der Waals surface area contributed by atoms with Gasteiger partial charge in [0.2, 0.25) is 0 Å². The second kappa shape index (κ2) is 8.58. The normalized spacial score (nSPS) is 10.9. The highest BCUT2D eigenvalue weighted by Crippen LogP contribution is 2.28. The van der Waals surface area contributed by atoms with Gasteiger partial charge in [-0.05, 0) is 52.0 Å². The summed E-state index contributed by atoms with van der Waals surface area (Å²) >= 11 is 0. The Hall–Kier alpha value is -4.08. The third kappa shape index (κ3) is 3.94. The standard InChI is InChI=1S/C22H22FN7O2/c1-5-32-22(31)19-13(3)29-30(14(19)4)18-10-17(24-11-25-18)26-21-12(2)20(27-28-21)15-6-8-16(23)9-7-15/h6-11H,5H2,1-4H3,(H2,24,25,26,27,28). The number of aromatic nitrogens is 6. The van der Waals surface area contributed by atoms with E-state index < -0.39 is 5.97 Å². The van der Waals surface area contributed by atoms with E-state index in [2.05, 4.69) is 30.6 Å². The average Bonchev–Trinajstić information content (AvgIpc) is 3.28. The van der Waals surface area contributed by atoms with Crippen LogP contribution in [0.25, 0.3) is 17.1 Å². The number of esters is 1. The molecule has 0 amide bonds. The Morgan fingerprint density at radius 2 is 1.94 bits per heavy atom. The number of benzene rings is 1. The maximum atomic E-state index is 13.2. The quantitative estimate of drug-likeness (QED) is 0.440. The molecule has 0 radical (unpaired) electrons. The van der Waals surface area contributed by atoms with Crippen molar-refractivity contribution in [1.29, 1.82) is 0 Å². The Morgan fingerprint density at radius 3 is 2.66 bits per heavy atom. The highest BCUT2D eigenvalue weighted by atomic mass is 19.1. The molecule has 0 unspecified atom stereocenters. The van der Waals surface area contributed by atoms with Crippen molar-refractivity contribution in [1.82, 2.24) is 29.9 Å². The minimum Gasteiger partial charge on any atom is -0.462 e. The van der Waals surface area contributed by atoms with Crippen LogP contribution in [0, 0.1) is 26.6 Å². The van der Waals surface area contributed by atoms with Crippen LogP contribution in [0.1, 0.15) is 34.2 Å². The summed E-state index contributed by atoms with van der Waals surface area (Å²) < 4.78 is 19.9. The summed E-state index contributed by atoms with van der Waals surface area (Å²) in [5.41, 5.74) is 4.06. The van der Waals surface area contributed by atoms with Crippen molar-refractivity contribution in [2.24, 2.45) is 0 Å². The lowest BCUT2D eigenvalue weighted by Gasteiger charge is -2.08. The van der Waals surface area contributed by atoms with E-state index in [1.807, 2.05) is 6.92 Å². The molecule has 0 aliphatic carbocycles. The molecule has 4 aromatic rings. The summed E-state index contributed by atoms with van der Waals surface area (Å²) in [6, 6.07) is 7.88. The van der Waals surface area contributed by atoms with Gasteiger partial charge in [-0.15, -0.1) is 0 Å². The van der Waals surface area contributed by atoms with Gasteiger partial charge in [0.1, 0.15) is 23.5 Å². The highest BCUT2D eigenvalue weighted by molar-refractivity contribution is 5.92. The maximum absolute atomic E-state index is 13.2. The molecule has 0 atom stereocenters. The molecule has 10 heteroatoms. The molecule has 1 aromatic carbocycles. The summed E-state index contributed by atoms with van der Waals surface area (Å²) in [6.07, 6.45) is 1.40. The molecule has 0 saturated carbocycles. The number of aryl methyl sites for hydroxylation is 1. The van der Waals surface area contributed by atoms with E-state index in [0.29, 0.717) is 34.4 Å². The Bertz CT molecular complexity index is 1280. The minimum atomic E-state index is -0.415. The zero-order chi connectivity index (χ0) is 22.8. The van der Waals surface area contributed by atoms with Crippen LogP contribution in [0.5, 0.6) is 0 Å². The van der Waals surface area contributed by atoms with Crippen molar-refractivity contribution in [3.8, 4) is 17.1 Å². The predicted octanol–water partition coefficient (Wildman–Crippen LogP) is 4.04. The number of rotatable bonds is 6. The van der Waals surface area contributed by atoms with E-state index in [-0.39, 0.29) is 12.4 Å². The lowest BCUT2D eigenvalue weighted by atomic mass is 10.1. The third-order valence-corrected chi connectivity index (χ3v) is 5.03. The first-order chi connectivity index (χ1) is 15.4. The fraction of sp³-hybridized carbons (Fsp3) is 0.227. The number of hydrogen-bond donors (Lipinski definition) is 2. The van der Waals surface area contributed by atoms with E-state index in [0.717, 1.165) is 16.8 Å². The summed E-state index contributed by atoms with van der Waals surface area (Å²) in [5.74, 6) is 0.857. The number of aromatic amines is 1. The summed E-state index contributed by atoms with van der Waals surface area (Å²) in [4.78, 5) is 20.8. The molecule has 0 saturated heterocycles. The number of nitrogens with zero attached hydrogens (tertiary/aromatic N) is 5. The first kappa shape index (κ1) is 21.2. The number of nitrogens with one attached hydrogen (secondary N) is 2. The van der Waals surface area contributed by atoms with Gasteiger partial charge in [-0.2, -0.15) is 10.2 Å². The van der Waals surface area contributed by atoms with E-state index in [4.69, 9.17) is 4.74 Å². The van der Waals surface area contributed by atoms with E-state index >= 15 is 0 Å². The molecule has 0 fully saturated rings. The molecule has 164 valence electrons. The smallest absolute Gasteiger partial charge is 0.341 e. The van der Waals surface area contributed by atoms with Crippen LogP contribution in [-0.4, -0.2) is 42.5 Å². The van der Waals surface area contributed by atoms with E-state index in [9.17, 15) is 9.18 Å². The van der Waals surface area contributed by atoms with Crippen molar-refractivity contribution >= 4 is 17.6 Å². The number of anilines is 2. The second-order valence-electron chi connectivity index (χ2n) is 7.14. The van der Waals surface area contributed by atoms with Gasteiger partial charge in [0, 0.05) is 17.2 Å². The molecule has 0 aliphatic rings. The van der Waals surface area contributed by atoms with Crippen LogP contribution in [0.3, 0.4) is 0 Å². The van der Waals surface area contributed by atoms with Crippen LogP contribution in [0.2, 0.25) is 0 Å². The monoisotopic (exact) mass is 435 g/mol. The van der Waals surface area contributed by atoms with Gasteiger partial charge in [-0.1, -0.05) is 0 Å². The van der Waals surface area contributed by atoms with Crippen LogP contribution in [0.4, 0.5) is 16.0 Å². The molecule has 0 bridgehead atoms. The molecular formula is C22H22FN7O2. The lowest BCUT2D eigenvalue weighted by Crippen LogP contribution is -2.08. The van der Waals surface area contributed by atoms with Gasteiger partial charge < -0.3 is 10.1 Å². The Morgan fingerprint density at radius 1 is 1.19 bits per heavy atom. The fourth-order valence-corrected chi connectivity index (χ4v) is 3.43. The Labute approximate surface area is 183 Å². The summed E-state index contributed by atoms with van der Waals surface area (Å²) in [7, 11) is 0. The number of halogens is 1. The Balaban J connectivity index is 1.62. The molecule has 4 rings (SSSR count). The van der Waals surface area contributed by atoms with Gasteiger partial charge in [0.05, 0.1) is 23.7 Å². The SMILES string of the molecule is CCOC(=O)c1c(C)nn(-c2cc(Nc3n[nH]c(-c4ccc(F)cc4)c3C)ncn2)c1C. The molecule has 0 aliphatic heterocycles. The van der Waals surface area contributed by atoms with E-state index in [1.54, 1.807) is 43.7 Å². The maximum Gasteiger partial charge on any atom is 0.341 e. The molecule has 3 aromatic heterocycles. The number of carbonyl (C=O) groups excluding carboxylic acids is 1. The predicted molar refractivity (Wildman–Crippen MR) is 117 cm³/mol. The Kier molecular flexibility index (Phi) is 5.67. The van der Waals surface area contributed by atoms with Crippen LogP contribution in [0.15, 0.2) is 36.7 Å². The van der Waals surface area contributed by atoms with Crippen LogP contribution < -0.4 is 5.32 Å². The molecule has 2 N–H and O–H groups in total. The van der Waals surface area contributed by atoms with Gasteiger partial charge >= 0.3 is 5.97 Å². The van der Waals surface area contributed by atoms with Crippen molar-refractivity contribution in [3.63, 3.8) is 0 Å². The summed E-state index contributed by atoms with van der Waals surface area (Å²) in [6.45, 7) is 7.48. The summed E-state index contributed by atoms with van der Waals surface area (Å²) in [5, 5.41) is 14.9. The van der Waals surface area contributed by atoms with Crippen molar-refractivity contribution in [2.45, 2.75) is 27.7 Å². The average molecular weight is 435 g/mol. The van der Waals surface area contributed by atoms with Gasteiger partial charge in [-0.3, -0.25) is 5.10 Å². The number of carbonyl (C=O) groups is 1. The van der Waals surface area contributed by atoms with E-state index in [1.165, 1.54) is 18.5 Å². The first-order valence-electron chi connectivity index (χ1n) is 10.0. The lowest BCUT2D eigenvalue weighted by molar-refractivity contribution is 0.0524. The molecular weight excluding hydrogens is 413 g/mol.